The Kier molecular flexibility index (Phi) is 16.8. The molecule has 0 aliphatic rings. The Labute approximate surface area is 165 Å². The van der Waals surface area contributed by atoms with Crippen molar-refractivity contribution in [2.75, 3.05) is 19.7 Å². The lowest BCUT2D eigenvalue weighted by Crippen LogP contribution is -2.26. The van der Waals surface area contributed by atoms with Gasteiger partial charge in [-0.3, -0.25) is 14.4 Å². The van der Waals surface area contributed by atoms with E-state index in [1.807, 2.05) is 6.92 Å². The van der Waals surface area contributed by atoms with E-state index in [2.05, 4.69) is 6.92 Å². The summed E-state index contributed by atoms with van der Waals surface area (Å²) in [5, 5.41) is 0. The Morgan fingerprint density at radius 2 is 1.59 bits per heavy atom. The first-order chi connectivity index (χ1) is 13.0. The zero-order valence-electron chi connectivity index (χ0n) is 17.5. The third-order valence-corrected chi connectivity index (χ3v) is 4.46. The van der Waals surface area contributed by atoms with Crippen LogP contribution in [0.1, 0.15) is 91.4 Å². The van der Waals surface area contributed by atoms with Crippen LogP contribution >= 0.6 is 0 Å². The number of ether oxygens (including phenoxy) is 2. The van der Waals surface area contributed by atoms with Crippen LogP contribution in [0.2, 0.25) is 0 Å². The van der Waals surface area contributed by atoms with Gasteiger partial charge in [0.2, 0.25) is 6.41 Å². The van der Waals surface area contributed by atoms with E-state index < -0.39 is 0 Å². The summed E-state index contributed by atoms with van der Waals surface area (Å²) in [5.74, 6) is -0.361. The smallest absolute Gasteiger partial charge is 0.305 e. The van der Waals surface area contributed by atoms with E-state index in [0.29, 0.717) is 19.6 Å². The lowest BCUT2D eigenvalue weighted by atomic mass is 10.1. The fourth-order valence-corrected chi connectivity index (χ4v) is 3.03. The number of rotatable bonds is 18. The number of carbonyl (C=O) groups excluding carboxylic acids is 3. The summed E-state index contributed by atoms with van der Waals surface area (Å²) in [7, 11) is 0. The first-order valence-corrected chi connectivity index (χ1v) is 10.6. The number of unbranched alkanes of at least 4 members (excludes halogenated alkanes) is 5. The second kappa shape index (κ2) is 17.8. The van der Waals surface area contributed by atoms with E-state index in [4.69, 9.17) is 9.47 Å². The van der Waals surface area contributed by atoms with Crippen LogP contribution in [-0.2, 0) is 23.9 Å². The lowest BCUT2D eigenvalue weighted by molar-refractivity contribution is -0.147. The maximum absolute atomic E-state index is 11.2. The highest BCUT2D eigenvalue weighted by Gasteiger charge is 2.12. The first-order valence-electron chi connectivity index (χ1n) is 10.6. The third-order valence-electron chi connectivity index (χ3n) is 4.46. The molecule has 0 radical (unpaired) electrons. The first kappa shape index (κ1) is 25.4. The van der Waals surface area contributed by atoms with Gasteiger partial charge in [-0.2, -0.15) is 0 Å². The highest BCUT2D eigenvalue weighted by Crippen LogP contribution is 2.13. The van der Waals surface area contributed by atoms with Crippen LogP contribution in [-0.4, -0.2) is 49.0 Å². The molecule has 0 aromatic carbocycles. The van der Waals surface area contributed by atoms with E-state index >= 15 is 0 Å². The van der Waals surface area contributed by atoms with Crippen molar-refractivity contribution in [2.45, 2.75) is 97.5 Å². The monoisotopic (exact) mass is 385 g/mol. The van der Waals surface area contributed by atoms with Gasteiger partial charge in [0.1, 0.15) is 6.10 Å². The number of carbonyl (C=O) groups is 3. The second-order valence-corrected chi connectivity index (χ2v) is 6.98. The van der Waals surface area contributed by atoms with Crippen LogP contribution in [0.5, 0.6) is 0 Å². The Morgan fingerprint density at radius 3 is 2.22 bits per heavy atom. The van der Waals surface area contributed by atoms with Crippen molar-refractivity contribution < 1.29 is 23.9 Å². The van der Waals surface area contributed by atoms with Gasteiger partial charge in [-0.25, -0.2) is 0 Å². The van der Waals surface area contributed by atoms with Gasteiger partial charge in [0.25, 0.3) is 0 Å². The maximum Gasteiger partial charge on any atom is 0.305 e. The van der Waals surface area contributed by atoms with Crippen LogP contribution < -0.4 is 0 Å². The summed E-state index contributed by atoms with van der Waals surface area (Å²) < 4.78 is 10.3. The molecule has 1 amide bonds. The van der Waals surface area contributed by atoms with E-state index in [1.54, 1.807) is 4.90 Å². The summed E-state index contributed by atoms with van der Waals surface area (Å²) in [6.07, 6.45) is 11.0. The zero-order chi connectivity index (χ0) is 20.3. The molecule has 0 aliphatic carbocycles. The molecule has 1 unspecified atom stereocenters. The van der Waals surface area contributed by atoms with Gasteiger partial charge in [0.15, 0.2) is 0 Å². The molecule has 0 spiro atoms. The fraction of sp³-hybridized carbons (Fsp3) is 0.857. The Hall–Kier alpha value is -1.59. The normalized spacial score (nSPS) is 11.7. The molecule has 0 aliphatic heterocycles. The van der Waals surface area contributed by atoms with Gasteiger partial charge in [-0.1, -0.05) is 32.6 Å². The topological polar surface area (TPSA) is 72.9 Å². The van der Waals surface area contributed by atoms with Gasteiger partial charge in [-0.05, 0) is 45.4 Å². The summed E-state index contributed by atoms with van der Waals surface area (Å²) in [6, 6.07) is 0. The molecule has 0 N–H and O–H groups in total. The molecule has 0 heterocycles. The van der Waals surface area contributed by atoms with Crippen molar-refractivity contribution in [1.29, 1.82) is 0 Å². The molecule has 6 heteroatoms. The van der Waals surface area contributed by atoms with Crippen LogP contribution in [0.15, 0.2) is 0 Å². The molecule has 0 rings (SSSR count). The van der Waals surface area contributed by atoms with Gasteiger partial charge >= 0.3 is 11.9 Å². The molecule has 27 heavy (non-hydrogen) atoms. The van der Waals surface area contributed by atoms with Crippen molar-refractivity contribution in [3.63, 3.8) is 0 Å². The largest absolute Gasteiger partial charge is 0.466 e. The molecule has 0 aromatic rings. The average molecular weight is 386 g/mol. The SMILES string of the molecule is CCCCCC(CCCN(C=O)CCCCCCC(=O)OCC)OC(C)=O. The summed E-state index contributed by atoms with van der Waals surface area (Å²) in [6.45, 7) is 7.27. The number of esters is 2. The van der Waals surface area contributed by atoms with E-state index in [1.165, 1.54) is 6.92 Å². The van der Waals surface area contributed by atoms with E-state index in [9.17, 15) is 14.4 Å². The van der Waals surface area contributed by atoms with Crippen molar-refractivity contribution in [3.05, 3.63) is 0 Å². The van der Waals surface area contributed by atoms with Crippen LogP contribution in [0.4, 0.5) is 0 Å². The second-order valence-electron chi connectivity index (χ2n) is 6.98. The molecule has 6 nitrogen and oxygen atoms in total. The van der Waals surface area contributed by atoms with E-state index in [0.717, 1.165) is 77.2 Å². The molecule has 0 fully saturated rings. The molecular weight excluding hydrogens is 346 g/mol. The van der Waals surface area contributed by atoms with E-state index in [-0.39, 0.29) is 18.0 Å². The highest BCUT2D eigenvalue weighted by atomic mass is 16.5. The van der Waals surface area contributed by atoms with Crippen LogP contribution in [0.25, 0.3) is 0 Å². The molecule has 158 valence electrons. The van der Waals surface area contributed by atoms with Crippen molar-refractivity contribution in [3.8, 4) is 0 Å². The van der Waals surface area contributed by atoms with Gasteiger partial charge in [0, 0.05) is 26.4 Å². The lowest BCUT2D eigenvalue weighted by Gasteiger charge is -2.20. The van der Waals surface area contributed by atoms with Crippen LogP contribution in [0.3, 0.4) is 0 Å². The quantitative estimate of drug-likeness (QED) is 0.200. The van der Waals surface area contributed by atoms with Crippen molar-refractivity contribution >= 4 is 18.3 Å². The number of nitrogens with zero attached hydrogens (tertiary/aromatic N) is 1. The average Bonchev–Trinajstić information content (AvgIpc) is 2.62. The number of amides is 1. The van der Waals surface area contributed by atoms with Crippen LogP contribution in [0, 0.1) is 0 Å². The highest BCUT2D eigenvalue weighted by molar-refractivity contribution is 5.69. The predicted molar refractivity (Wildman–Crippen MR) is 106 cm³/mol. The van der Waals surface area contributed by atoms with Crippen molar-refractivity contribution in [1.82, 2.24) is 4.90 Å². The number of hydrogen-bond donors (Lipinski definition) is 0. The molecule has 0 saturated carbocycles. The molecular formula is C21H39NO5. The minimum atomic E-state index is -0.230. The fourth-order valence-electron chi connectivity index (χ4n) is 3.03. The van der Waals surface area contributed by atoms with Gasteiger partial charge < -0.3 is 14.4 Å². The molecule has 0 saturated heterocycles. The minimum absolute atomic E-state index is 0.0366. The maximum atomic E-state index is 11.2. The summed E-state index contributed by atoms with van der Waals surface area (Å²) in [5.41, 5.74) is 0. The Balaban J connectivity index is 3.88. The Morgan fingerprint density at radius 1 is 0.926 bits per heavy atom. The summed E-state index contributed by atoms with van der Waals surface area (Å²) >= 11 is 0. The van der Waals surface area contributed by atoms with Crippen molar-refractivity contribution in [2.24, 2.45) is 0 Å². The zero-order valence-corrected chi connectivity index (χ0v) is 17.5. The molecule has 1 atom stereocenters. The third kappa shape index (κ3) is 16.3. The number of hydrogen-bond acceptors (Lipinski definition) is 5. The molecule has 0 bridgehead atoms. The van der Waals surface area contributed by atoms with Gasteiger partial charge in [0.05, 0.1) is 6.61 Å². The predicted octanol–water partition coefficient (Wildman–Crippen LogP) is 4.25. The molecule has 0 aromatic heterocycles. The summed E-state index contributed by atoms with van der Waals surface area (Å²) in [4.78, 5) is 35.5. The standard InChI is InChI=1S/C21H39NO5/c1-4-6-9-13-20(27-19(3)24)14-12-17-22(18-23)16-11-8-7-10-15-21(25)26-5-2/h18,20H,4-17H2,1-3H3. The van der Waals surface area contributed by atoms with Gasteiger partial charge in [-0.15, -0.1) is 0 Å². The minimum Gasteiger partial charge on any atom is -0.466 e. The Bertz CT molecular complexity index is 400.